The summed E-state index contributed by atoms with van der Waals surface area (Å²) < 4.78 is 55.4. The van der Waals surface area contributed by atoms with E-state index in [9.17, 15) is 26.7 Å². The number of carboxylic acid groups (broad SMARTS) is 1. The zero-order valence-corrected chi connectivity index (χ0v) is 19.9. The van der Waals surface area contributed by atoms with Crippen molar-refractivity contribution < 1.29 is 36.6 Å². The molecular weight excluding hydrogens is 511 g/mol. The van der Waals surface area contributed by atoms with Crippen LogP contribution in [0.15, 0.2) is 42.7 Å². The Morgan fingerprint density at radius 1 is 1.29 bits per heavy atom. The van der Waals surface area contributed by atoms with Gasteiger partial charge in [-0.2, -0.15) is 13.2 Å². The zero-order chi connectivity index (χ0) is 25.9. The molecule has 3 aromatic rings. The maximum absolute atomic E-state index is 13.1. The van der Waals surface area contributed by atoms with Gasteiger partial charge in [0.05, 0.1) is 23.4 Å². The van der Waals surface area contributed by atoms with E-state index in [0.29, 0.717) is 28.2 Å². The molecule has 1 amide bonds. The quantitative estimate of drug-likeness (QED) is 0.512. The van der Waals surface area contributed by atoms with Crippen molar-refractivity contribution >= 4 is 45.6 Å². The van der Waals surface area contributed by atoms with E-state index in [2.05, 4.69) is 17.1 Å². The number of halogens is 4. The Labute approximate surface area is 205 Å². The van der Waals surface area contributed by atoms with Crippen LogP contribution in [0, 0.1) is 0 Å². The summed E-state index contributed by atoms with van der Waals surface area (Å²) in [4.78, 5) is 28.1. The van der Waals surface area contributed by atoms with Gasteiger partial charge in [-0.05, 0) is 47.2 Å². The van der Waals surface area contributed by atoms with Crippen molar-refractivity contribution in [3.05, 3.63) is 64.4 Å². The van der Waals surface area contributed by atoms with Crippen molar-refractivity contribution in [1.82, 2.24) is 14.5 Å². The average molecular weight is 531 g/mol. The van der Waals surface area contributed by atoms with E-state index in [4.69, 9.17) is 21.5 Å². The lowest BCUT2D eigenvalue weighted by Gasteiger charge is -2.35. The van der Waals surface area contributed by atoms with Gasteiger partial charge in [0.1, 0.15) is 5.65 Å². The molecule has 2 aromatic heterocycles. The molecule has 2 atom stereocenters. The first-order valence-electron chi connectivity index (χ1n) is 10.3. The summed E-state index contributed by atoms with van der Waals surface area (Å²) in [5, 5.41) is 8.24. The van der Waals surface area contributed by atoms with E-state index < -0.39 is 23.2 Å². The average Bonchev–Trinajstić information content (AvgIpc) is 3.18. The molecule has 3 heterocycles. The molecule has 35 heavy (non-hydrogen) atoms. The normalized spacial score (nSPS) is 16.3. The first-order valence-corrected chi connectivity index (χ1v) is 11.9. The number of amides is 1. The first kappa shape index (κ1) is 26.6. The van der Waals surface area contributed by atoms with Gasteiger partial charge in [0.25, 0.3) is 0 Å². The Morgan fingerprint density at radius 2 is 1.94 bits per heavy atom. The monoisotopic (exact) mass is 530 g/mol. The van der Waals surface area contributed by atoms with Crippen LogP contribution in [-0.4, -0.2) is 52.9 Å². The number of aliphatic carboxylic acids is 1. The van der Waals surface area contributed by atoms with E-state index in [1.807, 2.05) is 24.0 Å². The van der Waals surface area contributed by atoms with Crippen LogP contribution in [-0.2, 0) is 39.4 Å². The summed E-state index contributed by atoms with van der Waals surface area (Å²) in [6.45, 7) is 2.71. The third-order valence-electron chi connectivity index (χ3n) is 5.58. The van der Waals surface area contributed by atoms with Crippen LogP contribution in [0.4, 0.5) is 13.2 Å². The number of pyridine rings is 1. The van der Waals surface area contributed by atoms with Crippen LogP contribution in [0.1, 0.15) is 29.7 Å². The number of rotatable bonds is 4. The van der Waals surface area contributed by atoms with Crippen molar-refractivity contribution in [1.29, 1.82) is 0 Å². The van der Waals surface area contributed by atoms with Gasteiger partial charge >= 0.3 is 12.1 Å². The molecular formula is C22H20ClF3N3O5S-. The highest BCUT2D eigenvalue weighted by atomic mass is 35.5. The van der Waals surface area contributed by atoms with Gasteiger partial charge in [0.2, 0.25) is 5.91 Å². The molecule has 8 nitrogen and oxygen atoms in total. The highest BCUT2D eigenvalue weighted by Crippen LogP contribution is 2.31. The van der Waals surface area contributed by atoms with Crippen molar-refractivity contribution in [2.45, 2.75) is 37.9 Å². The maximum Gasteiger partial charge on any atom is 0.490 e. The number of carboxylic acids is 1. The van der Waals surface area contributed by atoms with Crippen LogP contribution in [0.5, 0.6) is 0 Å². The number of carbonyl (C=O) groups is 2. The Hall–Kier alpha value is -2.96. The molecule has 1 unspecified atom stereocenters. The van der Waals surface area contributed by atoms with Crippen molar-refractivity contribution in [3.63, 3.8) is 0 Å². The minimum absolute atomic E-state index is 0.000960. The summed E-state index contributed by atoms with van der Waals surface area (Å²) in [7, 11) is 0. The molecule has 0 bridgehead atoms. The third kappa shape index (κ3) is 6.19. The molecule has 0 saturated heterocycles. The van der Waals surface area contributed by atoms with Crippen LogP contribution in [0.2, 0.25) is 5.02 Å². The van der Waals surface area contributed by atoms with Gasteiger partial charge in [-0.15, -0.1) is 0 Å². The van der Waals surface area contributed by atoms with Crippen molar-refractivity contribution in [2.75, 3.05) is 6.54 Å². The summed E-state index contributed by atoms with van der Waals surface area (Å²) >= 11 is 4.12. The van der Waals surface area contributed by atoms with Gasteiger partial charge in [-0.3, -0.25) is 9.00 Å². The molecule has 0 radical (unpaired) electrons. The molecule has 0 fully saturated rings. The van der Waals surface area contributed by atoms with Crippen molar-refractivity contribution in [3.8, 4) is 0 Å². The second kappa shape index (κ2) is 10.8. The minimum atomic E-state index is -5.08. The lowest BCUT2D eigenvalue weighted by atomic mass is 9.93. The Balaban J connectivity index is 0.000000429. The Morgan fingerprint density at radius 3 is 2.57 bits per heavy atom. The van der Waals surface area contributed by atoms with Gasteiger partial charge in [0.15, 0.2) is 0 Å². The van der Waals surface area contributed by atoms with Gasteiger partial charge in [0, 0.05) is 24.3 Å². The fraction of sp³-hybridized carbons (Fsp3) is 0.318. The first-order chi connectivity index (χ1) is 16.4. The standard InChI is InChI=1S/C20H20ClN3O3S.C2HF3O2/c1-13-15-5-3-2-4-14(15)6-9-24(13)19(25)10-17-16-7-8-23(12-28(26)27)20(16)22-11-18(17)21;3-2(4,5)1(6)7/h2-5,7-8,11,13H,6,9-10,12H2,1H3,(H,26,27);(H,6,7)/p-1/t13-;/m0./s1. The second-order valence-electron chi connectivity index (χ2n) is 7.73. The van der Waals surface area contributed by atoms with Gasteiger partial charge in [-0.25, -0.2) is 9.78 Å². The summed E-state index contributed by atoms with van der Waals surface area (Å²) in [5.41, 5.74) is 3.65. The molecule has 13 heteroatoms. The number of carbonyl (C=O) groups excluding carboxylic acids is 1. The summed E-state index contributed by atoms with van der Waals surface area (Å²) in [6, 6.07) is 9.96. The molecule has 0 spiro atoms. The van der Waals surface area contributed by atoms with Crippen LogP contribution < -0.4 is 0 Å². The molecule has 1 N–H and O–H groups in total. The lowest BCUT2D eigenvalue weighted by Crippen LogP contribution is -2.39. The Bertz CT molecular complexity index is 1280. The number of benzene rings is 1. The van der Waals surface area contributed by atoms with E-state index >= 15 is 0 Å². The number of alkyl halides is 3. The summed E-state index contributed by atoms with van der Waals surface area (Å²) in [5.74, 6) is -2.95. The van der Waals surface area contributed by atoms with Gasteiger partial charge < -0.3 is 19.1 Å². The number of nitrogens with zero attached hydrogens (tertiary/aromatic N) is 3. The minimum Gasteiger partial charge on any atom is -0.771 e. The highest BCUT2D eigenvalue weighted by molar-refractivity contribution is 7.78. The third-order valence-corrected chi connectivity index (χ3v) is 6.39. The number of hydrogen-bond donors (Lipinski definition) is 1. The zero-order valence-electron chi connectivity index (χ0n) is 18.3. The second-order valence-corrected chi connectivity index (χ2v) is 9.00. The van der Waals surface area contributed by atoms with Crippen LogP contribution in [0.25, 0.3) is 11.0 Å². The van der Waals surface area contributed by atoms with Crippen LogP contribution in [0.3, 0.4) is 0 Å². The molecule has 0 aliphatic carbocycles. The van der Waals surface area contributed by atoms with Crippen molar-refractivity contribution in [2.24, 2.45) is 0 Å². The summed E-state index contributed by atoms with van der Waals surface area (Å²) in [6.07, 6.45) is -0.977. The predicted molar refractivity (Wildman–Crippen MR) is 121 cm³/mol. The number of hydrogen-bond acceptors (Lipinski definition) is 5. The fourth-order valence-corrected chi connectivity index (χ4v) is 4.58. The molecule has 188 valence electrons. The molecule has 1 aromatic carbocycles. The van der Waals surface area contributed by atoms with E-state index in [0.717, 1.165) is 6.42 Å². The van der Waals surface area contributed by atoms with Gasteiger partial charge in [-0.1, -0.05) is 35.9 Å². The van der Waals surface area contributed by atoms with E-state index in [-0.39, 0.29) is 24.2 Å². The molecule has 0 saturated carbocycles. The van der Waals surface area contributed by atoms with E-state index in [1.54, 1.807) is 12.3 Å². The predicted octanol–water partition coefficient (Wildman–Crippen LogP) is 3.85. The topological polar surface area (TPSA) is 116 Å². The SMILES string of the molecule is C[C@H]1c2ccccc2CCN1C(=O)Cc1c(Cl)cnc2c1ccn2CS(=O)[O-].O=C(O)C(F)(F)F. The molecule has 1 aliphatic rings. The molecule has 1 aliphatic heterocycles. The molecule has 4 rings (SSSR count). The number of aromatic nitrogens is 2. The lowest BCUT2D eigenvalue weighted by molar-refractivity contribution is -0.192. The van der Waals surface area contributed by atoms with E-state index in [1.165, 1.54) is 21.9 Å². The van der Waals surface area contributed by atoms with Crippen LogP contribution >= 0.6 is 11.6 Å². The highest BCUT2D eigenvalue weighted by Gasteiger charge is 2.38. The smallest absolute Gasteiger partial charge is 0.490 e. The Kier molecular flexibility index (Phi) is 8.18. The number of fused-ring (bicyclic) bond motifs is 2. The fourth-order valence-electron chi connectivity index (χ4n) is 3.93. The maximum atomic E-state index is 13.1. The largest absolute Gasteiger partial charge is 0.771 e.